The molecule has 0 aliphatic carbocycles. The van der Waals surface area contributed by atoms with Gasteiger partial charge in [-0.15, -0.1) is 0 Å². The minimum absolute atomic E-state index is 0.370. The summed E-state index contributed by atoms with van der Waals surface area (Å²) in [5, 5.41) is 13.0. The number of hydrogen-bond donors (Lipinski definition) is 3. The highest BCUT2D eigenvalue weighted by Crippen LogP contribution is 2.27. The minimum atomic E-state index is -0.370. The van der Waals surface area contributed by atoms with Gasteiger partial charge in [-0.3, -0.25) is 0 Å². The molecule has 0 radical (unpaired) electrons. The Morgan fingerprint density at radius 2 is 2.29 bits per heavy atom. The molecule has 1 unspecified atom stereocenters. The molecule has 0 spiro atoms. The lowest BCUT2D eigenvalue weighted by molar-refractivity contribution is 0.183. The van der Waals surface area contributed by atoms with Crippen LogP contribution < -0.4 is 11.1 Å². The van der Waals surface area contributed by atoms with Crippen molar-refractivity contribution in [2.45, 2.75) is 19.4 Å². The number of para-hydroxylation sites is 1. The zero-order valence-electron chi connectivity index (χ0n) is 8.13. The van der Waals surface area contributed by atoms with E-state index in [0.29, 0.717) is 29.4 Å². The van der Waals surface area contributed by atoms with Gasteiger partial charge in [0.25, 0.3) is 0 Å². The van der Waals surface area contributed by atoms with Crippen LogP contribution in [0.5, 0.6) is 0 Å². The van der Waals surface area contributed by atoms with Gasteiger partial charge in [-0.2, -0.15) is 0 Å². The molecule has 1 aromatic carbocycles. The van der Waals surface area contributed by atoms with Gasteiger partial charge in [0.15, 0.2) is 0 Å². The number of anilines is 2. The van der Waals surface area contributed by atoms with E-state index in [1.807, 2.05) is 6.92 Å². The summed E-state index contributed by atoms with van der Waals surface area (Å²) < 4.78 is 0. The normalized spacial score (nSPS) is 12.5. The Bertz CT molecular complexity index is 284. The number of aliphatic hydroxyl groups excluding tert-OH is 1. The number of hydrogen-bond acceptors (Lipinski definition) is 3. The fraction of sp³-hybridized carbons (Fsp3) is 0.400. The monoisotopic (exact) mass is 214 g/mol. The molecule has 1 aromatic rings. The smallest absolute Gasteiger partial charge is 0.0764 e. The molecular weight excluding hydrogens is 200 g/mol. The molecule has 0 aromatic heterocycles. The lowest BCUT2D eigenvalue weighted by atomic mass is 10.2. The Labute approximate surface area is 88.9 Å². The van der Waals surface area contributed by atoms with E-state index in [9.17, 15) is 5.11 Å². The number of nitrogens with one attached hydrogen (secondary N) is 1. The highest BCUT2D eigenvalue weighted by molar-refractivity contribution is 6.33. The number of halogens is 1. The predicted molar refractivity (Wildman–Crippen MR) is 60.7 cm³/mol. The largest absolute Gasteiger partial charge is 0.397 e. The van der Waals surface area contributed by atoms with E-state index in [1.54, 1.807) is 18.2 Å². The third kappa shape index (κ3) is 2.79. The molecule has 0 amide bonds. The summed E-state index contributed by atoms with van der Waals surface area (Å²) in [4.78, 5) is 0. The third-order valence-corrected chi connectivity index (χ3v) is 2.35. The maximum atomic E-state index is 9.35. The van der Waals surface area contributed by atoms with Crippen molar-refractivity contribution < 1.29 is 5.11 Å². The molecule has 0 aliphatic heterocycles. The van der Waals surface area contributed by atoms with Crippen LogP contribution in [-0.4, -0.2) is 17.8 Å². The van der Waals surface area contributed by atoms with Gasteiger partial charge in [0, 0.05) is 6.54 Å². The van der Waals surface area contributed by atoms with Crippen LogP contribution in [-0.2, 0) is 0 Å². The fourth-order valence-corrected chi connectivity index (χ4v) is 1.34. The van der Waals surface area contributed by atoms with E-state index in [2.05, 4.69) is 5.32 Å². The van der Waals surface area contributed by atoms with Crippen LogP contribution in [0.2, 0.25) is 5.02 Å². The van der Waals surface area contributed by atoms with Crippen LogP contribution in [0, 0.1) is 0 Å². The quantitative estimate of drug-likeness (QED) is 0.673. The molecular formula is C10H15ClN2O. The minimum Gasteiger partial charge on any atom is -0.397 e. The fourth-order valence-electron chi connectivity index (χ4n) is 1.09. The SMILES string of the molecule is CCC(O)CNc1c(N)cccc1Cl. The Morgan fingerprint density at radius 3 is 2.86 bits per heavy atom. The van der Waals surface area contributed by atoms with Crippen molar-refractivity contribution in [2.75, 3.05) is 17.6 Å². The number of rotatable bonds is 4. The number of benzene rings is 1. The highest BCUT2D eigenvalue weighted by atomic mass is 35.5. The van der Waals surface area contributed by atoms with Crippen molar-refractivity contribution in [3.8, 4) is 0 Å². The summed E-state index contributed by atoms with van der Waals surface area (Å²) >= 11 is 5.93. The van der Waals surface area contributed by atoms with Gasteiger partial charge in [0.1, 0.15) is 0 Å². The van der Waals surface area contributed by atoms with Crippen LogP contribution in [0.4, 0.5) is 11.4 Å². The zero-order valence-corrected chi connectivity index (χ0v) is 8.88. The molecule has 0 bridgehead atoms. The van der Waals surface area contributed by atoms with Crippen molar-refractivity contribution in [3.05, 3.63) is 23.2 Å². The first-order valence-electron chi connectivity index (χ1n) is 4.61. The van der Waals surface area contributed by atoms with E-state index < -0.39 is 0 Å². The maximum Gasteiger partial charge on any atom is 0.0764 e. The van der Waals surface area contributed by atoms with Crippen molar-refractivity contribution in [3.63, 3.8) is 0 Å². The van der Waals surface area contributed by atoms with E-state index >= 15 is 0 Å². The van der Waals surface area contributed by atoms with Gasteiger partial charge in [-0.1, -0.05) is 24.6 Å². The van der Waals surface area contributed by atoms with Crippen LogP contribution in [0.25, 0.3) is 0 Å². The Morgan fingerprint density at radius 1 is 1.57 bits per heavy atom. The summed E-state index contributed by atoms with van der Waals surface area (Å²) in [6.45, 7) is 2.38. The Kier molecular flexibility index (Phi) is 4.04. The molecule has 0 fully saturated rings. The molecule has 0 heterocycles. The molecule has 4 heteroatoms. The van der Waals surface area contributed by atoms with E-state index in [-0.39, 0.29) is 6.10 Å². The first-order valence-corrected chi connectivity index (χ1v) is 4.98. The molecule has 1 atom stereocenters. The third-order valence-electron chi connectivity index (χ3n) is 2.03. The second-order valence-corrected chi connectivity index (χ2v) is 3.55. The second kappa shape index (κ2) is 5.08. The van der Waals surface area contributed by atoms with E-state index in [4.69, 9.17) is 17.3 Å². The number of nitrogens with two attached hydrogens (primary N) is 1. The summed E-state index contributed by atoms with van der Waals surface area (Å²) in [5.74, 6) is 0. The summed E-state index contributed by atoms with van der Waals surface area (Å²) in [5.41, 5.74) is 7.01. The van der Waals surface area contributed by atoms with Crippen LogP contribution >= 0.6 is 11.6 Å². The average molecular weight is 215 g/mol. The van der Waals surface area contributed by atoms with E-state index in [0.717, 1.165) is 0 Å². The van der Waals surface area contributed by atoms with Gasteiger partial charge < -0.3 is 16.2 Å². The lowest BCUT2D eigenvalue weighted by Crippen LogP contribution is -2.18. The number of aliphatic hydroxyl groups is 1. The van der Waals surface area contributed by atoms with Crippen LogP contribution in [0.3, 0.4) is 0 Å². The summed E-state index contributed by atoms with van der Waals surface area (Å²) in [6.07, 6.45) is 0.336. The van der Waals surface area contributed by atoms with Crippen molar-refractivity contribution in [1.82, 2.24) is 0 Å². The van der Waals surface area contributed by atoms with Crippen molar-refractivity contribution >= 4 is 23.0 Å². The molecule has 0 aliphatic rings. The zero-order chi connectivity index (χ0) is 10.6. The topological polar surface area (TPSA) is 58.3 Å². The van der Waals surface area contributed by atoms with Gasteiger partial charge in [-0.25, -0.2) is 0 Å². The molecule has 3 nitrogen and oxygen atoms in total. The van der Waals surface area contributed by atoms with Crippen LogP contribution in [0.1, 0.15) is 13.3 Å². The van der Waals surface area contributed by atoms with Gasteiger partial charge >= 0.3 is 0 Å². The summed E-state index contributed by atoms with van der Waals surface area (Å²) in [7, 11) is 0. The Hall–Kier alpha value is -0.930. The molecule has 4 N–H and O–H groups in total. The standard InChI is InChI=1S/C10H15ClN2O/c1-2-7(14)6-13-10-8(11)4-3-5-9(10)12/h3-5,7,13-14H,2,6,12H2,1H3. The highest BCUT2D eigenvalue weighted by Gasteiger charge is 2.05. The van der Waals surface area contributed by atoms with E-state index in [1.165, 1.54) is 0 Å². The molecule has 1 rings (SSSR count). The molecule has 0 saturated heterocycles. The second-order valence-electron chi connectivity index (χ2n) is 3.15. The first kappa shape index (κ1) is 11.1. The predicted octanol–water partition coefficient (Wildman–Crippen LogP) is 2.10. The molecule has 0 saturated carbocycles. The van der Waals surface area contributed by atoms with Crippen LogP contribution in [0.15, 0.2) is 18.2 Å². The van der Waals surface area contributed by atoms with Crippen molar-refractivity contribution in [1.29, 1.82) is 0 Å². The lowest BCUT2D eigenvalue weighted by Gasteiger charge is -2.13. The van der Waals surface area contributed by atoms with Crippen molar-refractivity contribution in [2.24, 2.45) is 0 Å². The molecule has 78 valence electrons. The number of nitrogen functional groups attached to an aromatic ring is 1. The first-order chi connectivity index (χ1) is 6.65. The molecule has 14 heavy (non-hydrogen) atoms. The summed E-state index contributed by atoms with van der Waals surface area (Å²) in [6, 6.07) is 5.32. The maximum absolute atomic E-state index is 9.35. The van der Waals surface area contributed by atoms with Gasteiger partial charge in [0.05, 0.1) is 22.5 Å². The average Bonchev–Trinajstić information content (AvgIpc) is 2.16. The van der Waals surface area contributed by atoms with Gasteiger partial charge in [-0.05, 0) is 18.6 Å². The van der Waals surface area contributed by atoms with Gasteiger partial charge in [0.2, 0.25) is 0 Å². The Balaban J connectivity index is 2.66.